The van der Waals surface area contributed by atoms with E-state index in [1.807, 2.05) is 31.2 Å². The highest BCUT2D eigenvalue weighted by atomic mass is 16.2. The molecule has 1 aliphatic rings. The van der Waals surface area contributed by atoms with Crippen LogP contribution < -0.4 is 16.0 Å². The molecule has 18 heavy (non-hydrogen) atoms. The molecule has 2 rings (SSSR count). The summed E-state index contributed by atoms with van der Waals surface area (Å²) in [5.41, 5.74) is 7.35. The monoisotopic (exact) mass is 247 g/mol. The summed E-state index contributed by atoms with van der Waals surface area (Å²) >= 11 is 0. The van der Waals surface area contributed by atoms with Crippen molar-refractivity contribution in [2.45, 2.75) is 38.6 Å². The summed E-state index contributed by atoms with van der Waals surface area (Å²) in [6.45, 7) is 2.58. The molecule has 1 aliphatic carbocycles. The number of benzene rings is 1. The molecule has 0 heterocycles. The van der Waals surface area contributed by atoms with Gasteiger partial charge in [-0.15, -0.1) is 0 Å². The molecule has 0 unspecified atom stereocenters. The predicted octanol–water partition coefficient (Wildman–Crippen LogP) is 2.75. The molecule has 1 aromatic carbocycles. The first-order valence-corrected chi connectivity index (χ1v) is 6.65. The highest BCUT2D eigenvalue weighted by Crippen LogP contribution is 2.23. The van der Waals surface area contributed by atoms with Gasteiger partial charge in [-0.25, -0.2) is 4.79 Å². The molecule has 0 aliphatic heterocycles. The molecular formula is C14H21N3O. The Labute approximate surface area is 108 Å². The lowest BCUT2D eigenvalue weighted by molar-refractivity contribution is 0.243. The first kappa shape index (κ1) is 12.7. The number of hydrogen-bond acceptors (Lipinski definition) is 2. The SMILES string of the molecule is CCN(C(=O)NC1CCCC1)c1ccccc1N. The normalized spacial score (nSPS) is 15.6. The number of carbonyl (C=O) groups excluding carboxylic acids is 1. The lowest BCUT2D eigenvalue weighted by Crippen LogP contribution is -2.44. The van der Waals surface area contributed by atoms with Gasteiger partial charge in [-0.3, -0.25) is 4.90 Å². The van der Waals surface area contributed by atoms with Crippen molar-refractivity contribution in [1.82, 2.24) is 5.32 Å². The van der Waals surface area contributed by atoms with E-state index in [9.17, 15) is 4.79 Å². The van der Waals surface area contributed by atoms with Crippen molar-refractivity contribution in [3.63, 3.8) is 0 Å². The number of nitrogens with two attached hydrogens (primary N) is 1. The Balaban J connectivity index is 2.08. The van der Waals surface area contributed by atoms with Crippen LogP contribution >= 0.6 is 0 Å². The van der Waals surface area contributed by atoms with Crippen LogP contribution in [0.2, 0.25) is 0 Å². The zero-order chi connectivity index (χ0) is 13.0. The zero-order valence-electron chi connectivity index (χ0n) is 10.9. The summed E-state index contributed by atoms with van der Waals surface area (Å²) in [7, 11) is 0. The van der Waals surface area contributed by atoms with Crippen LogP contribution in [0.25, 0.3) is 0 Å². The van der Waals surface area contributed by atoms with Crippen LogP contribution in [-0.2, 0) is 0 Å². The molecular weight excluding hydrogens is 226 g/mol. The van der Waals surface area contributed by atoms with Crippen molar-refractivity contribution in [3.05, 3.63) is 24.3 Å². The molecule has 4 heteroatoms. The first-order chi connectivity index (χ1) is 8.72. The van der Waals surface area contributed by atoms with Crippen molar-refractivity contribution >= 4 is 17.4 Å². The van der Waals surface area contributed by atoms with Crippen molar-refractivity contribution in [2.24, 2.45) is 0 Å². The predicted molar refractivity (Wildman–Crippen MR) is 74.7 cm³/mol. The van der Waals surface area contributed by atoms with Gasteiger partial charge in [0.15, 0.2) is 0 Å². The molecule has 1 aromatic rings. The van der Waals surface area contributed by atoms with Gasteiger partial charge in [0.2, 0.25) is 0 Å². The molecule has 0 aromatic heterocycles. The van der Waals surface area contributed by atoms with E-state index in [1.165, 1.54) is 12.8 Å². The van der Waals surface area contributed by atoms with Crippen molar-refractivity contribution < 1.29 is 4.79 Å². The molecule has 98 valence electrons. The number of para-hydroxylation sites is 2. The van der Waals surface area contributed by atoms with Gasteiger partial charge in [-0.2, -0.15) is 0 Å². The topological polar surface area (TPSA) is 58.4 Å². The summed E-state index contributed by atoms with van der Waals surface area (Å²) in [6, 6.07) is 7.77. The Hall–Kier alpha value is -1.71. The first-order valence-electron chi connectivity index (χ1n) is 6.65. The van der Waals surface area contributed by atoms with Crippen LogP contribution in [0.1, 0.15) is 32.6 Å². The summed E-state index contributed by atoms with van der Waals surface area (Å²) in [4.78, 5) is 13.9. The van der Waals surface area contributed by atoms with Crippen LogP contribution in [0.15, 0.2) is 24.3 Å². The molecule has 0 saturated heterocycles. The molecule has 3 N–H and O–H groups in total. The molecule has 4 nitrogen and oxygen atoms in total. The molecule has 0 bridgehead atoms. The van der Waals surface area contributed by atoms with Gasteiger partial charge < -0.3 is 11.1 Å². The van der Waals surface area contributed by atoms with E-state index in [-0.39, 0.29) is 6.03 Å². The second-order valence-corrected chi connectivity index (χ2v) is 4.73. The Bertz CT molecular complexity index is 413. The summed E-state index contributed by atoms with van der Waals surface area (Å²) in [6.07, 6.45) is 4.61. The third-order valence-electron chi connectivity index (χ3n) is 3.47. The molecule has 0 atom stereocenters. The Kier molecular flexibility index (Phi) is 4.07. The minimum atomic E-state index is -0.0395. The quantitative estimate of drug-likeness (QED) is 0.807. The molecule has 0 spiro atoms. The van der Waals surface area contributed by atoms with E-state index in [0.717, 1.165) is 18.5 Å². The maximum atomic E-state index is 12.2. The molecule has 0 radical (unpaired) electrons. The van der Waals surface area contributed by atoms with Crippen molar-refractivity contribution in [1.29, 1.82) is 0 Å². The number of carbonyl (C=O) groups is 1. The van der Waals surface area contributed by atoms with Crippen LogP contribution in [0.4, 0.5) is 16.2 Å². The highest BCUT2D eigenvalue weighted by Gasteiger charge is 2.21. The number of nitrogens with zero attached hydrogens (tertiary/aromatic N) is 1. The number of urea groups is 1. The largest absolute Gasteiger partial charge is 0.397 e. The number of amides is 2. The van der Waals surface area contributed by atoms with Crippen LogP contribution in [0, 0.1) is 0 Å². The number of anilines is 2. The molecule has 1 fully saturated rings. The molecule has 2 amide bonds. The Morgan fingerprint density at radius 2 is 2.06 bits per heavy atom. The number of nitrogens with one attached hydrogen (secondary N) is 1. The minimum Gasteiger partial charge on any atom is -0.397 e. The molecule has 1 saturated carbocycles. The van der Waals surface area contributed by atoms with Crippen LogP contribution in [0.5, 0.6) is 0 Å². The summed E-state index contributed by atoms with van der Waals surface area (Å²) < 4.78 is 0. The van der Waals surface area contributed by atoms with Crippen LogP contribution in [0.3, 0.4) is 0 Å². The maximum Gasteiger partial charge on any atom is 0.322 e. The second kappa shape index (κ2) is 5.76. The van der Waals surface area contributed by atoms with E-state index >= 15 is 0 Å². The fraction of sp³-hybridized carbons (Fsp3) is 0.500. The minimum absolute atomic E-state index is 0.0395. The van der Waals surface area contributed by atoms with Gasteiger partial charge >= 0.3 is 6.03 Å². The van der Waals surface area contributed by atoms with Crippen LogP contribution in [-0.4, -0.2) is 18.6 Å². The summed E-state index contributed by atoms with van der Waals surface area (Å²) in [5, 5.41) is 3.09. The standard InChI is InChI=1S/C14H21N3O/c1-2-17(13-10-6-5-9-12(13)15)14(18)16-11-7-3-4-8-11/h5-6,9-11H,2-4,7-8,15H2,1H3,(H,16,18). The fourth-order valence-corrected chi connectivity index (χ4v) is 2.48. The smallest absolute Gasteiger partial charge is 0.322 e. The average Bonchev–Trinajstić information content (AvgIpc) is 2.85. The third kappa shape index (κ3) is 2.75. The number of rotatable bonds is 3. The zero-order valence-corrected chi connectivity index (χ0v) is 10.9. The van der Waals surface area contributed by atoms with Gasteiger partial charge in [-0.1, -0.05) is 25.0 Å². The van der Waals surface area contributed by atoms with E-state index in [1.54, 1.807) is 4.90 Å². The second-order valence-electron chi connectivity index (χ2n) is 4.73. The van der Waals surface area contributed by atoms with Gasteiger partial charge in [0.25, 0.3) is 0 Å². The van der Waals surface area contributed by atoms with E-state index in [2.05, 4.69) is 5.32 Å². The van der Waals surface area contributed by atoms with Gasteiger partial charge in [0.1, 0.15) is 0 Å². The van der Waals surface area contributed by atoms with Gasteiger partial charge in [-0.05, 0) is 31.9 Å². The van der Waals surface area contributed by atoms with Crippen molar-refractivity contribution in [3.8, 4) is 0 Å². The van der Waals surface area contributed by atoms with Crippen molar-refractivity contribution in [2.75, 3.05) is 17.2 Å². The average molecular weight is 247 g/mol. The van der Waals surface area contributed by atoms with E-state index in [4.69, 9.17) is 5.73 Å². The van der Waals surface area contributed by atoms with E-state index < -0.39 is 0 Å². The third-order valence-corrected chi connectivity index (χ3v) is 3.47. The number of hydrogen-bond donors (Lipinski definition) is 2. The lowest BCUT2D eigenvalue weighted by atomic mass is 10.2. The highest BCUT2D eigenvalue weighted by molar-refractivity contribution is 5.95. The Morgan fingerprint density at radius 1 is 1.39 bits per heavy atom. The van der Waals surface area contributed by atoms with Gasteiger partial charge in [0, 0.05) is 12.6 Å². The fourth-order valence-electron chi connectivity index (χ4n) is 2.48. The summed E-state index contributed by atoms with van der Waals surface area (Å²) in [5.74, 6) is 0. The Morgan fingerprint density at radius 3 is 2.67 bits per heavy atom. The maximum absolute atomic E-state index is 12.2. The van der Waals surface area contributed by atoms with Gasteiger partial charge in [0.05, 0.1) is 11.4 Å². The lowest BCUT2D eigenvalue weighted by Gasteiger charge is -2.25. The van der Waals surface area contributed by atoms with E-state index in [0.29, 0.717) is 18.3 Å². The number of nitrogen functional groups attached to an aromatic ring is 1.